The first kappa shape index (κ1) is 49.1. The fourth-order valence-corrected chi connectivity index (χ4v) is 9.45. The number of carboxylic acids is 1. The van der Waals surface area contributed by atoms with E-state index in [0.717, 1.165) is 77.2 Å². The first-order chi connectivity index (χ1) is 33.9. The third kappa shape index (κ3) is 11.1. The summed E-state index contributed by atoms with van der Waals surface area (Å²) in [6, 6.07) is 45.8. The highest BCUT2D eigenvalue weighted by molar-refractivity contribution is 5.88. The summed E-state index contributed by atoms with van der Waals surface area (Å²) in [5.41, 5.74) is 9.92. The van der Waals surface area contributed by atoms with E-state index in [1.54, 1.807) is 45.6 Å². The number of hydrogen-bond donors (Lipinski definition) is 3. The van der Waals surface area contributed by atoms with Crippen LogP contribution >= 0.6 is 0 Å². The number of aliphatic carboxylic acids is 1. The highest BCUT2D eigenvalue weighted by Crippen LogP contribution is 2.45. The highest BCUT2D eigenvalue weighted by Gasteiger charge is 2.33. The molecule has 0 saturated carbocycles. The van der Waals surface area contributed by atoms with E-state index in [9.17, 15) is 24.3 Å². The molecule has 2 aliphatic rings. The minimum atomic E-state index is -1.13. The molecule has 360 valence electrons. The SMILES string of the molecule is C.CC(C)(C)OC(=O)C(Cc1cncc2ccccc12)NC(=O)OCC1c2ccccc2-c2ccccc21.O=C(NC(Cc1cncc2ccccc12)C(=O)O)OCC1c2ccccc2-c2ccccc21. The summed E-state index contributed by atoms with van der Waals surface area (Å²) in [5, 5.41) is 18.7. The summed E-state index contributed by atoms with van der Waals surface area (Å²) in [7, 11) is 0. The normalized spacial score (nSPS) is 13.2. The van der Waals surface area contributed by atoms with Gasteiger partial charge in [0.2, 0.25) is 0 Å². The van der Waals surface area contributed by atoms with Crippen molar-refractivity contribution >= 4 is 45.7 Å². The number of hydrogen-bond acceptors (Lipinski definition) is 9. The number of amides is 2. The minimum absolute atomic E-state index is 0. The molecule has 8 aromatic rings. The van der Waals surface area contributed by atoms with E-state index in [1.807, 2.05) is 109 Å². The van der Waals surface area contributed by atoms with Crippen LogP contribution < -0.4 is 10.6 Å². The Morgan fingerprint density at radius 1 is 0.521 bits per heavy atom. The van der Waals surface area contributed by atoms with Gasteiger partial charge >= 0.3 is 24.1 Å². The summed E-state index contributed by atoms with van der Waals surface area (Å²) in [6.45, 7) is 5.69. The van der Waals surface area contributed by atoms with Crippen LogP contribution in [-0.2, 0) is 36.6 Å². The number of aromatic nitrogens is 2. The number of carbonyl (C=O) groups excluding carboxylic acids is 3. The summed E-state index contributed by atoms with van der Waals surface area (Å²) in [4.78, 5) is 59.1. The molecule has 12 nitrogen and oxygen atoms in total. The zero-order chi connectivity index (χ0) is 48.8. The molecule has 0 radical (unpaired) electrons. The molecule has 2 unspecified atom stereocenters. The maximum absolute atomic E-state index is 13.1. The molecule has 71 heavy (non-hydrogen) atoms. The number of ether oxygens (including phenoxy) is 3. The maximum Gasteiger partial charge on any atom is 0.407 e. The number of nitrogens with zero attached hydrogens (tertiary/aromatic N) is 2. The summed E-state index contributed by atoms with van der Waals surface area (Å²) in [6.07, 6.45) is 5.79. The van der Waals surface area contributed by atoms with Gasteiger partial charge in [0.15, 0.2) is 0 Å². The Labute approximate surface area is 413 Å². The Balaban J connectivity index is 0.000000189. The van der Waals surface area contributed by atoms with Crippen molar-refractivity contribution in [2.75, 3.05) is 13.2 Å². The number of carboxylic acid groups (broad SMARTS) is 1. The van der Waals surface area contributed by atoms with E-state index in [1.165, 1.54) is 0 Å². The van der Waals surface area contributed by atoms with Crippen LogP contribution in [0.4, 0.5) is 9.59 Å². The van der Waals surface area contributed by atoms with Crippen molar-refractivity contribution in [2.24, 2.45) is 0 Å². The number of fused-ring (bicyclic) bond motifs is 8. The second kappa shape index (κ2) is 21.5. The van der Waals surface area contributed by atoms with Gasteiger partial charge in [-0.25, -0.2) is 19.2 Å². The third-order valence-electron chi connectivity index (χ3n) is 12.6. The first-order valence-corrected chi connectivity index (χ1v) is 23.2. The molecule has 0 bridgehead atoms. The molecule has 12 heteroatoms. The standard InChI is InChI=1S/C31H30N2O4.C27H22N2O4.CH4/c1-31(2,3)37-29(34)28(16-21-18-32-17-20-10-4-5-11-22(20)21)33-30(35)36-19-27-25-14-8-6-12-23(25)24-13-7-9-15-26(24)27;30-26(31)25(13-18-15-28-14-17-7-1-2-8-19(17)18)29-27(32)33-16-24-22-11-5-3-9-20(22)21-10-4-6-12-23(21)24;/h4-15,17-18,27-28H,16,19H2,1-3H3,(H,33,35);1-12,14-15,24-25H,13,16H2,(H,29,32)(H,30,31);1H4. The zero-order valence-electron chi connectivity index (χ0n) is 39.0. The number of nitrogens with one attached hydrogen (secondary N) is 2. The number of carbonyl (C=O) groups is 4. The first-order valence-electron chi connectivity index (χ1n) is 23.2. The second-order valence-electron chi connectivity index (χ2n) is 18.4. The number of rotatable bonds is 12. The monoisotopic (exact) mass is 948 g/mol. The van der Waals surface area contributed by atoms with Gasteiger partial charge in [-0.1, -0.05) is 153 Å². The summed E-state index contributed by atoms with van der Waals surface area (Å²) in [5.74, 6) is -1.81. The largest absolute Gasteiger partial charge is 0.480 e. The molecule has 0 spiro atoms. The molecule has 0 aliphatic heterocycles. The van der Waals surface area contributed by atoms with Gasteiger partial charge in [0.05, 0.1) is 0 Å². The molecule has 6 aromatic carbocycles. The zero-order valence-corrected chi connectivity index (χ0v) is 39.0. The van der Waals surface area contributed by atoms with E-state index in [0.29, 0.717) is 0 Å². The minimum Gasteiger partial charge on any atom is -0.480 e. The summed E-state index contributed by atoms with van der Waals surface area (Å²) < 4.78 is 16.8. The lowest BCUT2D eigenvalue weighted by atomic mass is 9.98. The fraction of sp³-hybridized carbons (Fsp3) is 0.220. The van der Waals surface area contributed by atoms with Crippen LogP contribution in [0.3, 0.4) is 0 Å². The fourth-order valence-electron chi connectivity index (χ4n) is 9.45. The van der Waals surface area contributed by atoms with E-state index >= 15 is 0 Å². The van der Waals surface area contributed by atoms with Gasteiger partial charge in [-0.15, -0.1) is 0 Å². The Morgan fingerprint density at radius 3 is 1.27 bits per heavy atom. The van der Waals surface area contributed by atoms with E-state index < -0.39 is 41.8 Å². The van der Waals surface area contributed by atoms with Gasteiger partial charge in [-0.2, -0.15) is 0 Å². The van der Waals surface area contributed by atoms with Gasteiger partial charge in [-0.3, -0.25) is 9.97 Å². The Hall–Kier alpha value is -8.38. The Bertz CT molecular complexity index is 3140. The predicted octanol–water partition coefficient (Wildman–Crippen LogP) is 11.4. The lowest BCUT2D eigenvalue weighted by Crippen LogP contribution is -2.46. The van der Waals surface area contributed by atoms with Crippen LogP contribution in [0.25, 0.3) is 43.8 Å². The van der Waals surface area contributed by atoms with Crippen LogP contribution in [0.15, 0.2) is 170 Å². The molecule has 0 saturated heterocycles. The third-order valence-corrected chi connectivity index (χ3v) is 12.6. The van der Waals surface area contributed by atoms with Crippen molar-refractivity contribution < 1.29 is 38.5 Å². The molecule has 2 amide bonds. The van der Waals surface area contributed by atoms with Crippen LogP contribution in [0.2, 0.25) is 0 Å². The van der Waals surface area contributed by atoms with Crippen molar-refractivity contribution in [3.63, 3.8) is 0 Å². The predicted molar refractivity (Wildman–Crippen MR) is 275 cm³/mol. The molecular weight excluding hydrogens is 893 g/mol. The number of pyridine rings is 2. The molecule has 2 aliphatic carbocycles. The van der Waals surface area contributed by atoms with Crippen molar-refractivity contribution in [1.82, 2.24) is 20.6 Å². The van der Waals surface area contributed by atoms with Crippen LogP contribution in [0.1, 0.15) is 73.4 Å². The van der Waals surface area contributed by atoms with Gasteiger partial charge in [-0.05, 0) is 87.2 Å². The van der Waals surface area contributed by atoms with Crippen LogP contribution in [0, 0.1) is 0 Å². The summed E-state index contributed by atoms with van der Waals surface area (Å²) >= 11 is 0. The van der Waals surface area contributed by atoms with Gasteiger partial charge in [0.1, 0.15) is 30.9 Å². The maximum atomic E-state index is 13.1. The van der Waals surface area contributed by atoms with Crippen molar-refractivity contribution in [3.8, 4) is 22.3 Å². The lowest BCUT2D eigenvalue weighted by Gasteiger charge is -2.25. The number of alkyl carbamates (subject to hydrolysis) is 2. The number of benzene rings is 6. The number of esters is 1. The second-order valence-corrected chi connectivity index (χ2v) is 18.4. The molecule has 2 atom stereocenters. The van der Waals surface area contributed by atoms with E-state index in [2.05, 4.69) is 57.0 Å². The molecule has 0 fully saturated rings. The van der Waals surface area contributed by atoms with Crippen molar-refractivity contribution in [2.45, 2.75) is 70.6 Å². The lowest BCUT2D eigenvalue weighted by molar-refractivity contribution is -0.157. The van der Waals surface area contributed by atoms with Crippen molar-refractivity contribution in [1.29, 1.82) is 0 Å². The van der Waals surface area contributed by atoms with Gasteiger partial charge in [0.25, 0.3) is 0 Å². The Kier molecular flexibility index (Phi) is 14.9. The molecule has 3 N–H and O–H groups in total. The van der Waals surface area contributed by atoms with Gasteiger partial charge < -0.3 is 30.0 Å². The molecule has 10 rings (SSSR count). The Morgan fingerprint density at radius 2 is 0.873 bits per heavy atom. The van der Waals surface area contributed by atoms with Crippen LogP contribution in [-0.4, -0.2) is 70.1 Å². The average molecular weight is 949 g/mol. The van der Waals surface area contributed by atoms with E-state index in [4.69, 9.17) is 14.2 Å². The van der Waals surface area contributed by atoms with E-state index in [-0.39, 0.29) is 45.3 Å². The smallest absolute Gasteiger partial charge is 0.407 e. The van der Waals surface area contributed by atoms with Crippen molar-refractivity contribution in [3.05, 3.63) is 204 Å². The molecule has 2 heterocycles. The quantitative estimate of drug-likeness (QED) is 0.0792. The topological polar surface area (TPSA) is 166 Å². The molecule has 2 aromatic heterocycles. The van der Waals surface area contributed by atoms with Crippen LogP contribution in [0.5, 0.6) is 0 Å². The molecular formula is C59H56N4O8. The van der Waals surface area contributed by atoms with Gasteiger partial charge in [0, 0.05) is 60.2 Å². The highest BCUT2D eigenvalue weighted by atomic mass is 16.6. The average Bonchev–Trinajstić information content (AvgIpc) is 3.86.